The van der Waals surface area contributed by atoms with Crippen LogP contribution in [0.4, 0.5) is 0 Å². The lowest BCUT2D eigenvalue weighted by Crippen LogP contribution is -2.49. The molecule has 1 aliphatic rings. The third-order valence-electron chi connectivity index (χ3n) is 2.71. The Morgan fingerprint density at radius 2 is 2.00 bits per heavy atom. The molecular formula is C9H16ClNO4S. The fourth-order valence-electron chi connectivity index (χ4n) is 1.49. The lowest BCUT2D eigenvalue weighted by Gasteiger charge is -2.32. The Hall–Kier alpha value is -0.330. The fraction of sp³-hybridized carbons (Fsp3) is 0.889. The van der Waals surface area contributed by atoms with Crippen LogP contribution in [0.5, 0.6) is 0 Å². The minimum absolute atomic E-state index is 0.0319. The second kappa shape index (κ2) is 4.89. The number of carbonyl (C=O) groups excluding carboxylic acids is 1. The van der Waals surface area contributed by atoms with Gasteiger partial charge in [0.05, 0.1) is 17.1 Å². The van der Waals surface area contributed by atoms with E-state index in [0.29, 0.717) is 0 Å². The summed E-state index contributed by atoms with van der Waals surface area (Å²) in [6, 6.07) is 0. The Bertz CT molecular complexity index is 352. The van der Waals surface area contributed by atoms with Crippen LogP contribution in [0.25, 0.3) is 0 Å². The van der Waals surface area contributed by atoms with Gasteiger partial charge < -0.3 is 10.4 Å². The Balaban J connectivity index is 2.46. The smallest absolute Gasteiger partial charge is 0.237 e. The third-order valence-corrected chi connectivity index (χ3v) is 4.56. The first kappa shape index (κ1) is 13.7. The van der Waals surface area contributed by atoms with E-state index < -0.39 is 20.8 Å². The Labute approximate surface area is 100 Å². The van der Waals surface area contributed by atoms with Gasteiger partial charge in [0.2, 0.25) is 5.91 Å². The van der Waals surface area contributed by atoms with Crippen molar-refractivity contribution in [2.75, 3.05) is 18.1 Å². The molecule has 1 rings (SSSR count). The van der Waals surface area contributed by atoms with E-state index in [1.54, 1.807) is 0 Å². The highest BCUT2D eigenvalue weighted by atomic mass is 35.5. The van der Waals surface area contributed by atoms with Crippen LogP contribution in [0, 0.1) is 0 Å². The number of amides is 1. The molecule has 0 aliphatic carbocycles. The van der Waals surface area contributed by atoms with Crippen LogP contribution in [-0.2, 0) is 14.6 Å². The van der Waals surface area contributed by atoms with Gasteiger partial charge in [-0.1, -0.05) is 0 Å². The van der Waals surface area contributed by atoms with Crippen molar-refractivity contribution >= 4 is 27.3 Å². The Kier molecular flexibility index (Phi) is 4.20. The molecule has 0 aromatic heterocycles. The number of nitrogens with one attached hydrogen (secondary N) is 1. The van der Waals surface area contributed by atoms with Crippen LogP contribution >= 0.6 is 11.6 Å². The molecule has 0 aromatic rings. The van der Waals surface area contributed by atoms with Crippen molar-refractivity contribution in [3.63, 3.8) is 0 Å². The van der Waals surface area contributed by atoms with Gasteiger partial charge in [-0.3, -0.25) is 4.79 Å². The van der Waals surface area contributed by atoms with Crippen molar-refractivity contribution in [1.82, 2.24) is 5.32 Å². The molecule has 94 valence electrons. The molecule has 0 radical (unpaired) electrons. The first-order valence-corrected chi connectivity index (χ1v) is 7.34. The summed E-state index contributed by atoms with van der Waals surface area (Å²) in [5.74, 6) is -0.422. The van der Waals surface area contributed by atoms with E-state index >= 15 is 0 Å². The van der Waals surface area contributed by atoms with Crippen molar-refractivity contribution in [2.45, 2.75) is 30.7 Å². The maximum Gasteiger partial charge on any atom is 0.237 e. The van der Waals surface area contributed by atoms with Crippen molar-refractivity contribution in [3.05, 3.63) is 0 Å². The van der Waals surface area contributed by atoms with Crippen LogP contribution in [0.3, 0.4) is 0 Å². The molecule has 5 nitrogen and oxygen atoms in total. The van der Waals surface area contributed by atoms with Crippen LogP contribution < -0.4 is 5.32 Å². The van der Waals surface area contributed by atoms with Crippen molar-refractivity contribution < 1.29 is 18.3 Å². The number of hydrogen-bond donors (Lipinski definition) is 2. The highest BCUT2D eigenvalue weighted by Gasteiger charge is 2.35. The second-order valence-corrected chi connectivity index (χ2v) is 7.17. The zero-order chi connectivity index (χ0) is 12.4. The van der Waals surface area contributed by atoms with E-state index in [-0.39, 0.29) is 36.8 Å². The van der Waals surface area contributed by atoms with Gasteiger partial charge in [-0.25, -0.2) is 8.42 Å². The summed E-state index contributed by atoms with van der Waals surface area (Å²) >= 11 is 5.55. The maximum absolute atomic E-state index is 11.2. The van der Waals surface area contributed by atoms with Crippen molar-refractivity contribution in [1.29, 1.82) is 0 Å². The molecular weight excluding hydrogens is 254 g/mol. The third kappa shape index (κ3) is 3.92. The van der Waals surface area contributed by atoms with E-state index in [1.807, 2.05) is 0 Å². The second-order valence-electron chi connectivity index (χ2n) is 4.21. The molecule has 0 bridgehead atoms. The molecule has 7 heteroatoms. The molecule has 1 heterocycles. The predicted octanol–water partition coefficient (Wildman–Crippen LogP) is -0.330. The first-order valence-electron chi connectivity index (χ1n) is 5.09. The molecule has 16 heavy (non-hydrogen) atoms. The number of sulfone groups is 1. The van der Waals surface area contributed by atoms with Crippen LogP contribution in [0.2, 0.25) is 0 Å². The molecule has 0 aromatic carbocycles. The zero-order valence-electron chi connectivity index (χ0n) is 9.07. The first-order chi connectivity index (χ1) is 7.24. The predicted molar refractivity (Wildman–Crippen MR) is 61.2 cm³/mol. The Morgan fingerprint density at radius 1 is 1.50 bits per heavy atom. The quantitative estimate of drug-likeness (QED) is 0.687. The van der Waals surface area contributed by atoms with Gasteiger partial charge in [0, 0.05) is 6.54 Å². The van der Waals surface area contributed by atoms with Gasteiger partial charge in [0.25, 0.3) is 0 Å². The number of alkyl halides is 1. The average Bonchev–Trinajstić information content (AvgIpc) is 2.20. The van der Waals surface area contributed by atoms with E-state index in [0.717, 1.165) is 0 Å². The number of halogens is 1. The summed E-state index contributed by atoms with van der Waals surface area (Å²) in [6.45, 7) is 1.59. The lowest BCUT2D eigenvalue weighted by atomic mass is 9.97. The molecule has 0 saturated carbocycles. The molecule has 1 amide bonds. The highest BCUT2D eigenvalue weighted by Crippen LogP contribution is 2.22. The van der Waals surface area contributed by atoms with E-state index in [4.69, 9.17) is 11.6 Å². The summed E-state index contributed by atoms with van der Waals surface area (Å²) in [6.07, 6.45) is 0.318. The summed E-state index contributed by atoms with van der Waals surface area (Å²) in [4.78, 5) is 11.2. The molecule has 1 fully saturated rings. The maximum atomic E-state index is 11.2. The van der Waals surface area contributed by atoms with E-state index in [1.165, 1.54) is 6.92 Å². The molecule has 2 N–H and O–H groups in total. The van der Waals surface area contributed by atoms with Gasteiger partial charge in [-0.15, -0.1) is 11.6 Å². The summed E-state index contributed by atoms with van der Waals surface area (Å²) < 4.78 is 22.3. The van der Waals surface area contributed by atoms with Crippen LogP contribution in [0.15, 0.2) is 0 Å². The number of carbonyl (C=O) groups is 1. The van der Waals surface area contributed by atoms with Crippen LogP contribution in [-0.4, -0.2) is 48.5 Å². The topological polar surface area (TPSA) is 83.5 Å². The monoisotopic (exact) mass is 269 g/mol. The van der Waals surface area contributed by atoms with E-state index in [9.17, 15) is 18.3 Å². The lowest BCUT2D eigenvalue weighted by molar-refractivity contribution is -0.121. The van der Waals surface area contributed by atoms with E-state index in [2.05, 4.69) is 5.32 Å². The molecule has 1 unspecified atom stereocenters. The zero-order valence-corrected chi connectivity index (χ0v) is 10.6. The largest absolute Gasteiger partial charge is 0.388 e. The average molecular weight is 270 g/mol. The standard InChI is InChI=1S/C9H16ClNO4S/c1-7(10)8(12)11-6-9(13)2-4-16(14,15)5-3-9/h7,13H,2-6H2,1H3,(H,11,12). The van der Waals surface area contributed by atoms with Crippen molar-refractivity contribution in [3.8, 4) is 0 Å². The molecule has 1 saturated heterocycles. The van der Waals surface area contributed by atoms with Crippen molar-refractivity contribution in [2.24, 2.45) is 0 Å². The summed E-state index contributed by atoms with van der Waals surface area (Å²) in [7, 11) is -3.01. The van der Waals surface area contributed by atoms with Gasteiger partial charge in [-0.05, 0) is 19.8 Å². The van der Waals surface area contributed by atoms with Crippen LogP contribution in [0.1, 0.15) is 19.8 Å². The minimum atomic E-state index is -3.01. The number of rotatable bonds is 3. The van der Waals surface area contributed by atoms with Gasteiger partial charge in [0.15, 0.2) is 9.84 Å². The normalized spacial score (nSPS) is 24.7. The fourth-order valence-corrected chi connectivity index (χ4v) is 3.15. The SMILES string of the molecule is CC(Cl)C(=O)NCC1(O)CCS(=O)(=O)CC1. The summed E-state index contributed by atoms with van der Waals surface area (Å²) in [5.41, 5.74) is -1.12. The van der Waals surface area contributed by atoms with Gasteiger partial charge >= 0.3 is 0 Å². The Morgan fingerprint density at radius 3 is 2.44 bits per heavy atom. The number of aliphatic hydroxyl groups is 1. The van der Waals surface area contributed by atoms with Gasteiger partial charge in [0.1, 0.15) is 5.38 Å². The number of hydrogen-bond acceptors (Lipinski definition) is 4. The minimum Gasteiger partial charge on any atom is -0.388 e. The highest BCUT2D eigenvalue weighted by molar-refractivity contribution is 7.91. The molecule has 0 spiro atoms. The van der Waals surface area contributed by atoms with Gasteiger partial charge in [-0.2, -0.15) is 0 Å². The molecule has 1 atom stereocenters. The summed E-state index contributed by atoms with van der Waals surface area (Å²) in [5, 5.41) is 11.9. The molecule has 1 aliphatic heterocycles.